The third kappa shape index (κ3) is 5.02. The van der Waals surface area contributed by atoms with E-state index in [1.165, 1.54) is 66.4 Å². The highest BCUT2D eigenvalue weighted by Gasteiger charge is 2.36. The van der Waals surface area contributed by atoms with Gasteiger partial charge < -0.3 is 4.90 Å². The van der Waals surface area contributed by atoms with Gasteiger partial charge in [-0.2, -0.15) is 0 Å². The SMILES string of the molecule is CC1(C)c2ccccc2-c2ccc(N(c3cccc(-c4ccccc4)c3)c3cccc(-c4ccccc4)c3-c3ccc4ccccc4c3)cc21. The standard InChI is InChI=1S/C49H37N/c1-49(2)45-25-12-11-23-43(45)44-30-29-41(33-46(44)49)50(40-22-13-21-38(32-40)34-15-5-3-6-16-34)47-26-14-24-42(36-18-7-4-8-19-36)48(47)39-28-27-35-17-9-10-20-37(35)31-39/h3-33H,1-2H3. The summed E-state index contributed by atoms with van der Waals surface area (Å²) in [6, 6.07) is 68.7. The van der Waals surface area contributed by atoms with E-state index < -0.39 is 0 Å². The largest absolute Gasteiger partial charge is 0.310 e. The van der Waals surface area contributed by atoms with E-state index in [4.69, 9.17) is 0 Å². The topological polar surface area (TPSA) is 3.24 Å². The molecule has 50 heavy (non-hydrogen) atoms. The first-order chi connectivity index (χ1) is 24.6. The Morgan fingerprint density at radius 3 is 1.80 bits per heavy atom. The smallest absolute Gasteiger partial charge is 0.0546 e. The first kappa shape index (κ1) is 29.9. The molecule has 1 aliphatic rings. The van der Waals surface area contributed by atoms with Gasteiger partial charge in [-0.05, 0) is 97.2 Å². The van der Waals surface area contributed by atoms with E-state index in [1.54, 1.807) is 0 Å². The van der Waals surface area contributed by atoms with E-state index in [-0.39, 0.29) is 5.41 Å². The van der Waals surface area contributed by atoms with Gasteiger partial charge in [0.25, 0.3) is 0 Å². The fourth-order valence-corrected chi connectivity index (χ4v) is 7.95. The van der Waals surface area contributed by atoms with Crippen molar-refractivity contribution in [3.8, 4) is 44.5 Å². The third-order valence-corrected chi connectivity index (χ3v) is 10.4. The second-order valence-electron chi connectivity index (χ2n) is 13.8. The Morgan fingerprint density at radius 1 is 0.360 bits per heavy atom. The van der Waals surface area contributed by atoms with Crippen molar-refractivity contribution in [2.75, 3.05) is 4.90 Å². The molecule has 0 spiro atoms. The summed E-state index contributed by atoms with van der Waals surface area (Å²) in [5.41, 5.74) is 15.9. The summed E-state index contributed by atoms with van der Waals surface area (Å²) < 4.78 is 0. The number of rotatable bonds is 6. The molecule has 0 unspecified atom stereocenters. The summed E-state index contributed by atoms with van der Waals surface area (Å²) >= 11 is 0. The van der Waals surface area contributed by atoms with Gasteiger partial charge in [0, 0.05) is 22.4 Å². The normalized spacial score (nSPS) is 12.8. The van der Waals surface area contributed by atoms with Gasteiger partial charge in [-0.3, -0.25) is 0 Å². The molecule has 0 atom stereocenters. The van der Waals surface area contributed by atoms with Crippen LogP contribution in [0.2, 0.25) is 0 Å². The summed E-state index contributed by atoms with van der Waals surface area (Å²) in [6.07, 6.45) is 0. The van der Waals surface area contributed by atoms with Crippen molar-refractivity contribution in [3.05, 3.63) is 199 Å². The van der Waals surface area contributed by atoms with Crippen molar-refractivity contribution >= 4 is 27.8 Å². The maximum Gasteiger partial charge on any atom is 0.0546 e. The Bertz CT molecular complexity index is 2510. The van der Waals surface area contributed by atoms with Crippen LogP contribution in [-0.2, 0) is 5.41 Å². The number of benzene rings is 8. The molecule has 8 aromatic carbocycles. The summed E-state index contributed by atoms with van der Waals surface area (Å²) in [7, 11) is 0. The second kappa shape index (κ2) is 12.1. The van der Waals surface area contributed by atoms with Crippen molar-refractivity contribution in [2.24, 2.45) is 0 Å². The van der Waals surface area contributed by atoms with Crippen molar-refractivity contribution in [2.45, 2.75) is 19.3 Å². The second-order valence-corrected chi connectivity index (χ2v) is 13.8. The maximum atomic E-state index is 2.47. The lowest BCUT2D eigenvalue weighted by molar-refractivity contribution is 0.660. The van der Waals surface area contributed by atoms with Crippen LogP contribution >= 0.6 is 0 Å². The average molecular weight is 640 g/mol. The lowest BCUT2D eigenvalue weighted by Gasteiger charge is -2.31. The van der Waals surface area contributed by atoms with Crippen LogP contribution in [0.3, 0.4) is 0 Å². The molecule has 0 aliphatic heterocycles. The van der Waals surface area contributed by atoms with Crippen LogP contribution < -0.4 is 4.90 Å². The fourth-order valence-electron chi connectivity index (χ4n) is 7.95. The minimum atomic E-state index is -0.118. The predicted octanol–water partition coefficient (Wildman–Crippen LogP) is 13.6. The molecule has 0 N–H and O–H groups in total. The number of nitrogens with zero attached hydrogens (tertiary/aromatic N) is 1. The van der Waals surface area contributed by atoms with Crippen molar-refractivity contribution in [1.29, 1.82) is 0 Å². The minimum Gasteiger partial charge on any atom is -0.310 e. The summed E-state index contributed by atoms with van der Waals surface area (Å²) in [5, 5.41) is 2.47. The number of fused-ring (bicyclic) bond motifs is 4. The Hall–Kier alpha value is -6.18. The highest BCUT2D eigenvalue weighted by Crippen LogP contribution is 2.52. The van der Waals surface area contributed by atoms with Crippen molar-refractivity contribution < 1.29 is 0 Å². The van der Waals surface area contributed by atoms with Crippen LogP contribution in [0.15, 0.2) is 188 Å². The van der Waals surface area contributed by atoms with Crippen LogP contribution in [0.25, 0.3) is 55.3 Å². The first-order valence-electron chi connectivity index (χ1n) is 17.4. The quantitative estimate of drug-likeness (QED) is 0.175. The molecule has 238 valence electrons. The molecule has 0 saturated carbocycles. The molecule has 0 heterocycles. The van der Waals surface area contributed by atoms with Gasteiger partial charge in [0.05, 0.1) is 5.69 Å². The average Bonchev–Trinajstić information content (AvgIpc) is 3.41. The molecule has 0 saturated heterocycles. The fraction of sp³-hybridized carbons (Fsp3) is 0.0612. The molecular weight excluding hydrogens is 603 g/mol. The predicted molar refractivity (Wildman–Crippen MR) is 213 cm³/mol. The lowest BCUT2D eigenvalue weighted by Crippen LogP contribution is -2.17. The molecule has 0 bridgehead atoms. The highest BCUT2D eigenvalue weighted by atomic mass is 15.1. The van der Waals surface area contributed by atoms with Gasteiger partial charge in [-0.25, -0.2) is 0 Å². The monoisotopic (exact) mass is 639 g/mol. The molecule has 0 amide bonds. The molecule has 0 aromatic heterocycles. The minimum absolute atomic E-state index is 0.118. The number of hydrogen-bond donors (Lipinski definition) is 0. The zero-order valence-corrected chi connectivity index (χ0v) is 28.3. The van der Waals surface area contributed by atoms with Crippen molar-refractivity contribution in [3.63, 3.8) is 0 Å². The Balaban J connectivity index is 1.33. The molecular formula is C49H37N. The molecule has 0 fully saturated rings. The van der Waals surface area contributed by atoms with Gasteiger partial charge in [0.1, 0.15) is 0 Å². The van der Waals surface area contributed by atoms with Gasteiger partial charge in [0.2, 0.25) is 0 Å². The van der Waals surface area contributed by atoms with Gasteiger partial charge in [-0.1, -0.05) is 166 Å². The summed E-state index contributed by atoms with van der Waals surface area (Å²) in [4.78, 5) is 2.47. The Morgan fingerprint density at radius 2 is 0.980 bits per heavy atom. The lowest BCUT2D eigenvalue weighted by atomic mass is 9.82. The van der Waals surface area contributed by atoms with E-state index in [0.29, 0.717) is 0 Å². The molecule has 0 radical (unpaired) electrons. The zero-order chi connectivity index (χ0) is 33.7. The number of hydrogen-bond acceptors (Lipinski definition) is 1. The van der Waals surface area contributed by atoms with Crippen LogP contribution in [0, 0.1) is 0 Å². The molecule has 8 aromatic rings. The Kier molecular flexibility index (Phi) is 7.21. The van der Waals surface area contributed by atoms with Crippen LogP contribution in [-0.4, -0.2) is 0 Å². The molecule has 9 rings (SSSR count). The van der Waals surface area contributed by atoms with Gasteiger partial charge >= 0.3 is 0 Å². The number of anilines is 3. The molecule has 1 aliphatic carbocycles. The van der Waals surface area contributed by atoms with Gasteiger partial charge in [0.15, 0.2) is 0 Å². The third-order valence-electron chi connectivity index (χ3n) is 10.4. The Labute approximate surface area is 294 Å². The van der Waals surface area contributed by atoms with E-state index in [2.05, 4.69) is 207 Å². The summed E-state index contributed by atoms with van der Waals surface area (Å²) in [6.45, 7) is 4.72. The van der Waals surface area contributed by atoms with E-state index in [1.807, 2.05) is 0 Å². The van der Waals surface area contributed by atoms with Crippen molar-refractivity contribution in [1.82, 2.24) is 0 Å². The summed E-state index contributed by atoms with van der Waals surface area (Å²) in [5.74, 6) is 0. The van der Waals surface area contributed by atoms with E-state index >= 15 is 0 Å². The molecule has 1 heteroatoms. The highest BCUT2D eigenvalue weighted by molar-refractivity contribution is 6.00. The molecule has 1 nitrogen and oxygen atoms in total. The van der Waals surface area contributed by atoms with Crippen LogP contribution in [0.4, 0.5) is 17.1 Å². The van der Waals surface area contributed by atoms with E-state index in [0.717, 1.165) is 17.1 Å². The van der Waals surface area contributed by atoms with E-state index in [9.17, 15) is 0 Å². The zero-order valence-electron chi connectivity index (χ0n) is 28.3. The van der Waals surface area contributed by atoms with Crippen LogP contribution in [0.5, 0.6) is 0 Å². The van der Waals surface area contributed by atoms with Crippen LogP contribution in [0.1, 0.15) is 25.0 Å². The van der Waals surface area contributed by atoms with Gasteiger partial charge in [-0.15, -0.1) is 0 Å². The maximum absolute atomic E-state index is 2.47. The first-order valence-corrected chi connectivity index (χ1v) is 17.4.